The van der Waals surface area contributed by atoms with Gasteiger partial charge in [0.1, 0.15) is 0 Å². The Bertz CT molecular complexity index is 1180. The molecule has 4 rings (SSSR count). The van der Waals surface area contributed by atoms with Crippen molar-refractivity contribution in [3.63, 3.8) is 0 Å². The zero-order chi connectivity index (χ0) is 20.4. The Morgan fingerprint density at radius 3 is 2.62 bits per heavy atom. The Morgan fingerprint density at radius 1 is 1.14 bits per heavy atom. The second-order valence-electron chi connectivity index (χ2n) is 6.43. The topological polar surface area (TPSA) is 103 Å². The monoisotopic (exact) mass is 389 g/mol. The van der Waals surface area contributed by atoms with Gasteiger partial charge < -0.3 is 14.6 Å². The zero-order valence-electron chi connectivity index (χ0n) is 16.3. The molecule has 29 heavy (non-hydrogen) atoms. The van der Waals surface area contributed by atoms with Gasteiger partial charge in [0.05, 0.1) is 23.9 Å². The summed E-state index contributed by atoms with van der Waals surface area (Å²) in [5, 5.41) is 8.19. The van der Waals surface area contributed by atoms with Crippen molar-refractivity contribution in [1.82, 2.24) is 20.1 Å². The second-order valence-corrected chi connectivity index (χ2v) is 6.43. The highest BCUT2D eigenvalue weighted by Gasteiger charge is 2.17. The number of esters is 1. The van der Waals surface area contributed by atoms with E-state index in [1.807, 2.05) is 26.0 Å². The van der Waals surface area contributed by atoms with Gasteiger partial charge in [-0.3, -0.25) is 0 Å². The molecule has 0 amide bonds. The average Bonchev–Trinajstić information content (AvgIpc) is 3.22. The van der Waals surface area contributed by atoms with Crippen LogP contribution in [0.1, 0.15) is 28.8 Å². The van der Waals surface area contributed by atoms with Gasteiger partial charge in [0.15, 0.2) is 11.5 Å². The predicted molar refractivity (Wildman–Crippen MR) is 108 cm³/mol. The Balaban J connectivity index is 1.81. The van der Waals surface area contributed by atoms with Gasteiger partial charge in [-0.05, 0) is 43.3 Å². The van der Waals surface area contributed by atoms with Crippen molar-refractivity contribution in [2.45, 2.75) is 20.3 Å². The number of nitrogens with one attached hydrogen (secondary N) is 1. The van der Waals surface area contributed by atoms with E-state index in [-0.39, 0.29) is 5.97 Å². The van der Waals surface area contributed by atoms with E-state index in [0.717, 1.165) is 22.5 Å². The molecule has 3 heterocycles. The number of methoxy groups -OCH3 is 1. The third-order valence-electron chi connectivity index (χ3n) is 4.46. The van der Waals surface area contributed by atoms with E-state index in [0.29, 0.717) is 34.9 Å². The maximum atomic E-state index is 11.7. The number of carbonyl (C=O) groups excluding carboxylic acids is 1. The molecule has 0 atom stereocenters. The largest absolute Gasteiger partial charge is 0.465 e. The molecule has 0 spiro atoms. The van der Waals surface area contributed by atoms with Crippen LogP contribution >= 0.6 is 0 Å². The van der Waals surface area contributed by atoms with Crippen molar-refractivity contribution in [3.05, 3.63) is 59.7 Å². The fraction of sp³-hybridized carbons (Fsp3) is 0.190. The molecule has 146 valence electrons. The van der Waals surface area contributed by atoms with Crippen molar-refractivity contribution in [1.29, 1.82) is 0 Å². The lowest BCUT2D eigenvalue weighted by molar-refractivity contribution is 0.0601. The first-order valence-electron chi connectivity index (χ1n) is 9.13. The van der Waals surface area contributed by atoms with Crippen LogP contribution in [0.2, 0.25) is 0 Å². The van der Waals surface area contributed by atoms with E-state index >= 15 is 0 Å². The summed E-state index contributed by atoms with van der Waals surface area (Å²) in [5.74, 6) is 0.616. The SMILES string of the molecule is CCc1noc(-c2cnc3nc(C)ccc3c2Nc2ccc(C(=O)OC)cc2)n1. The summed E-state index contributed by atoms with van der Waals surface area (Å²) in [6, 6.07) is 10.9. The highest BCUT2D eigenvalue weighted by atomic mass is 16.5. The number of hydrogen-bond donors (Lipinski definition) is 1. The average molecular weight is 389 g/mol. The van der Waals surface area contributed by atoms with Gasteiger partial charge in [-0.25, -0.2) is 14.8 Å². The summed E-state index contributed by atoms with van der Waals surface area (Å²) in [4.78, 5) is 25.1. The molecule has 1 aromatic carbocycles. The quantitative estimate of drug-likeness (QED) is 0.509. The van der Waals surface area contributed by atoms with Gasteiger partial charge in [0.2, 0.25) is 0 Å². The first-order chi connectivity index (χ1) is 14.1. The van der Waals surface area contributed by atoms with E-state index in [4.69, 9.17) is 9.26 Å². The van der Waals surface area contributed by atoms with Crippen LogP contribution in [0.25, 0.3) is 22.5 Å². The number of hydrogen-bond acceptors (Lipinski definition) is 8. The Morgan fingerprint density at radius 2 is 1.93 bits per heavy atom. The van der Waals surface area contributed by atoms with Crippen LogP contribution in [-0.2, 0) is 11.2 Å². The van der Waals surface area contributed by atoms with Crippen molar-refractivity contribution in [3.8, 4) is 11.5 Å². The molecule has 8 nitrogen and oxygen atoms in total. The summed E-state index contributed by atoms with van der Waals surface area (Å²) in [6.45, 7) is 3.88. The van der Waals surface area contributed by atoms with Crippen LogP contribution in [0.3, 0.4) is 0 Å². The van der Waals surface area contributed by atoms with E-state index in [9.17, 15) is 4.79 Å². The number of rotatable bonds is 5. The van der Waals surface area contributed by atoms with Crippen LogP contribution in [0, 0.1) is 6.92 Å². The molecule has 4 aromatic rings. The number of carbonyl (C=O) groups is 1. The molecule has 0 aliphatic heterocycles. The van der Waals surface area contributed by atoms with Crippen LogP contribution < -0.4 is 5.32 Å². The molecule has 0 fully saturated rings. The number of anilines is 2. The maximum absolute atomic E-state index is 11.7. The second kappa shape index (κ2) is 7.67. The fourth-order valence-electron chi connectivity index (χ4n) is 2.93. The van der Waals surface area contributed by atoms with Gasteiger partial charge in [0.25, 0.3) is 5.89 Å². The van der Waals surface area contributed by atoms with Gasteiger partial charge in [0, 0.05) is 29.4 Å². The highest BCUT2D eigenvalue weighted by molar-refractivity contribution is 5.98. The minimum absolute atomic E-state index is 0.380. The summed E-state index contributed by atoms with van der Waals surface area (Å²) in [6.07, 6.45) is 2.34. The Hall–Kier alpha value is -3.81. The first kappa shape index (κ1) is 18.5. The van der Waals surface area contributed by atoms with Gasteiger partial charge in [-0.15, -0.1) is 0 Å². The summed E-state index contributed by atoms with van der Waals surface area (Å²) in [5.41, 5.74) is 4.16. The molecular weight excluding hydrogens is 370 g/mol. The van der Waals surface area contributed by atoms with Gasteiger partial charge in [-0.2, -0.15) is 4.98 Å². The van der Waals surface area contributed by atoms with E-state index < -0.39 is 0 Å². The minimum atomic E-state index is -0.385. The molecular formula is C21H19N5O3. The van der Waals surface area contributed by atoms with Crippen molar-refractivity contribution in [2.24, 2.45) is 0 Å². The predicted octanol–water partition coefficient (Wildman–Crippen LogP) is 4.08. The first-order valence-corrected chi connectivity index (χ1v) is 9.13. The van der Waals surface area contributed by atoms with E-state index in [2.05, 4.69) is 25.4 Å². The molecule has 0 aliphatic rings. The van der Waals surface area contributed by atoms with Crippen LogP contribution in [0.4, 0.5) is 11.4 Å². The number of benzene rings is 1. The third kappa shape index (κ3) is 3.64. The van der Waals surface area contributed by atoms with Crippen LogP contribution in [0.5, 0.6) is 0 Å². The molecule has 0 aliphatic carbocycles. The van der Waals surface area contributed by atoms with Crippen molar-refractivity contribution in [2.75, 3.05) is 12.4 Å². The standard InChI is InChI=1S/C21H19N5O3/c1-4-17-25-20(29-26-17)16-11-22-19-15(10-5-12(2)23-19)18(16)24-14-8-6-13(7-9-14)21(27)28-3/h5-11H,4H2,1-3H3,(H,22,23,24). The summed E-state index contributed by atoms with van der Waals surface area (Å²) < 4.78 is 10.2. The number of aryl methyl sites for hydroxylation is 2. The fourth-order valence-corrected chi connectivity index (χ4v) is 2.93. The highest BCUT2D eigenvalue weighted by Crippen LogP contribution is 2.34. The molecule has 0 unspecified atom stereocenters. The number of pyridine rings is 2. The van der Waals surface area contributed by atoms with Gasteiger partial charge >= 0.3 is 5.97 Å². The number of aromatic nitrogens is 4. The molecule has 8 heteroatoms. The summed E-state index contributed by atoms with van der Waals surface area (Å²) >= 11 is 0. The number of ether oxygens (including phenoxy) is 1. The molecule has 0 radical (unpaired) electrons. The van der Waals surface area contributed by atoms with E-state index in [1.54, 1.807) is 30.5 Å². The van der Waals surface area contributed by atoms with E-state index in [1.165, 1.54) is 7.11 Å². The molecule has 1 N–H and O–H groups in total. The Labute approximate surface area is 167 Å². The lowest BCUT2D eigenvalue weighted by Crippen LogP contribution is -2.02. The van der Waals surface area contributed by atoms with Crippen LogP contribution in [0.15, 0.2) is 47.1 Å². The molecule has 0 saturated heterocycles. The smallest absolute Gasteiger partial charge is 0.337 e. The number of nitrogens with zero attached hydrogens (tertiary/aromatic N) is 4. The van der Waals surface area contributed by atoms with Crippen molar-refractivity contribution < 1.29 is 14.1 Å². The Kier molecular flexibility index (Phi) is 4.90. The number of fused-ring (bicyclic) bond motifs is 1. The molecule has 0 bridgehead atoms. The van der Waals surface area contributed by atoms with Crippen LogP contribution in [-0.4, -0.2) is 33.2 Å². The third-order valence-corrected chi connectivity index (χ3v) is 4.46. The normalized spacial score (nSPS) is 10.9. The molecule has 0 saturated carbocycles. The van der Waals surface area contributed by atoms with Gasteiger partial charge in [-0.1, -0.05) is 12.1 Å². The summed E-state index contributed by atoms with van der Waals surface area (Å²) in [7, 11) is 1.35. The maximum Gasteiger partial charge on any atom is 0.337 e. The lowest BCUT2D eigenvalue weighted by Gasteiger charge is -2.13. The molecule has 3 aromatic heterocycles. The van der Waals surface area contributed by atoms with Crippen molar-refractivity contribution >= 4 is 28.4 Å². The minimum Gasteiger partial charge on any atom is -0.465 e. The zero-order valence-corrected chi connectivity index (χ0v) is 16.3. The lowest BCUT2D eigenvalue weighted by atomic mass is 10.1.